The van der Waals surface area contributed by atoms with Gasteiger partial charge in [0, 0.05) is 13.2 Å². The highest BCUT2D eigenvalue weighted by Crippen LogP contribution is 2.37. The number of hydrogen-bond donors (Lipinski definition) is 0. The molecule has 1 fully saturated rings. The Labute approximate surface area is 103 Å². The molecule has 16 heavy (non-hydrogen) atoms. The maximum atomic E-state index is 5.47. The van der Waals surface area contributed by atoms with E-state index in [2.05, 4.69) is 30.7 Å². The summed E-state index contributed by atoms with van der Waals surface area (Å²) in [5.74, 6) is 1.92. The Hall–Kier alpha value is -0.460. The molecule has 2 rings (SSSR count). The fourth-order valence-electron chi connectivity index (χ4n) is 1.61. The van der Waals surface area contributed by atoms with Gasteiger partial charge >= 0.3 is 0 Å². The van der Waals surface area contributed by atoms with Crippen LogP contribution >= 0.6 is 15.9 Å². The minimum atomic E-state index is 0.514. The van der Waals surface area contributed by atoms with Gasteiger partial charge < -0.3 is 14.0 Å². The van der Waals surface area contributed by atoms with Crippen LogP contribution in [0, 0.1) is 0 Å². The molecule has 90 valence electrons. The van der Waals surface area contributed by atoms with Crippen molar-refractivity contribution in [3.8, 4) is 0 Å². The predicted molar refractivity (Wildman–Crippen MR) is 62.5 cm³/mol. The second kappa shape index (κ2) is 5.75. The van der Waals surface area contributed by atoms with Crippen molar-refractivity contribution in [2.45, 2.75) is 30.8 Å². The molecular formula is C10H16BrN3O2. The Morgan fingerprint density at radius 2 is 2.06 bits per heavy atom. The van der Waals surface area contributed by atoms with E-state index in [-0.39, 0.29) is 0 Å². The van der Waals surface area contributed by atoms with Crippen LogP contribution in [0.4, 0.5) is 0 Å². The van der Waals surface area contributed by atoms with Crippen molar-refractivity contribution in [3.63, 3.8) is 0 Å². The van der Waals surface area contributed by atoms with Gasteiger partial charge in [0.05, 0.1) is 18.5 Å². The topological polar surface area (TPSA) is 49.2 Å². The summed E-state index contributed by atoms with van der Waals surface area (Å²) in [5.41, 5.74) is 0. The maximum absolute atomic E-state index is 5.47. The second-order valence-electron chi connectivity index (χ2n) is 3.81. The van der Waals surface area contributed by atoms with E-state index in [9.17, 15) is 0 Å². The zero-order chi connectivity index (χ0) is 11.4. The van der Waals surface area contributed by atoms with Gasteiger partial charge in [-0.05, 0) is 12.8 Å². The van der Waals surface area contributed by atoms with Gasteiger partial charge in [0.25, 0.3) is 0 Å². The van der Waals surface area contributed by atoms with Crippen molar-refractivity contribution in [1.82, 2.24) is 14.8 Å². The van der Waals surface area contributed by atoms with E-state index in [0.29, 0.717) is 25.9 Å². The molecular weight excluding hydrogens is 274 g/mol. The van der Waals surface area contributed by atoms with Crippen LogP contribution in [0.5, 0.6) is 0 Å². The van der Waals surface area contributed by atoms with Crippen LogP contribution in [0.3, 0.4) is 0 Å². The predicted octanol–water partition coefficient (Wildman–Crippen LogP) is 1.67. The zero-order valence-corrected chi connectivity index (χ0v) is 10.9. The fourth-order valence-corrected chi connectivity index (χ4v) is 1.99. The van der Waals surface area contributed by atoms with Crippen molar-refractivity contribution in [2.75, 3.05) is 20.3 Å². The standard InChI is InChI=1S/C10H16BrN3O2/c1-15-4-5-16-7-10-13-12-9(6-11)14(10)8-2-3-8/h8H,2-7H2,1H3. The van der Waals surface area contributed by atoms with Crippen LogP contribution in [0.15, 0.2) is 0 Å². The van der Waals surface area contributed by atoms with Gasteiger partial charge in [-0.2, -0.15) is 0 Å². The molecule has 1 heterocycles. The highest BCUT2D eigenvalue weighted by Gasteiger charge is 2.28. The highest BCUT2D eigenvalue weighted by molar-refractivity contribution is 9.08. The lowest BCUT2D eigenvalue weighted by Crippen LogP contribution is -2.08. The molecule has 0 bridgehead atoms. The summed E-state index contributed by atoms with van der Waals surface area (Å²) >= 11 is 3.43. The monoisotopic (exact) mass is 289 g/mol. The summed E-state index contributed by atoms with van der Waals surface area (Å²) in [7, 11) is 1.67. The molecule has 1 aromatic rings. The molecule has 1 aromatic heterocycles. The third-order valence-corrected chi connectivity index (χ3v) is 3.03. The van der Waals surface area contributed by atoms with Crippen LogP contribution in [-0.4, -0.2) is 35.1 Å². The first-order chi connectivity index (χ1) is 7.86. The first-order valence-corrected chi connectivity index (χ1v) is 6.54. The fraction of sp³-hybridized carbons (Fsp3) is 0.800. The molecule has 0 aromatic carbocycles. The normalized spacial score (nSPS) is 15.6. The van der Waals surface area contributed by atoms with E-state index in [4.69, 9.17) is 9.47 Å². The number of hydrogen-bond acceptors (Lipinski definition) is 4. The third-order valence-electron chi connectivity index (χ3n) is 2.53. The number of methoxy groups -OCH3 is 1. The molecule has 5 nitrogen and oxygen atoms in total. The first-order valence-electron chi connectivity index (χ1n) is 5.42. The molecule has 0 unspecified atom stereocenters. The number of nitrogens with zero attached hydrogens (tertiary/aromatic N) is 3. The van der Waals surface area contributed by atoms with Crippen molar-refractivity contribution < 1.29 is 9.47 Å². The van der Waals surface area contributed by atoms with Gasteiger partial charge in [0.2, 0.25) is 0 Å². The Morgan fingerprint density at radius 3 is 2.69 bits per heavy atom. The minimum absolute atomic E-state index is 0.514. The van der Waals surface area contributed by atoms with Crippen molar-refractivity contribution in [2.24, 2.45) is 0 Å². The SMILES string of the molecule is COCCOCc1nnc(CBr)n1C1CC1. The second-order valence-corrected chi connectivity index (χ2v) is 4.37. The van der Waals surface area contributed by atoms with Gasteiger partial charge in [0.1, 0.15) is 12.4 Å². The van der Waals surface area contributed by atoms with Crippen LogP contribution in [0.2, 0.25) is 0 Å². The number of halogens is 1. The van der Waals surface area contributed by atoms with Gasteiger partial charge in [-0.15, -0.1) is 10.2 Å². The largest absolute Gasteiger partial charge is 0.382 e. The summed E-state index contributed by atoms with van der Waals surface area (Å²) in [5, 5.41) is 9.06. The lowest BCUT2D eigenvalue weighted by atomic mass is 10.5. The quantitative estimate of drug-likeness (QED) is 0.566. The lowest BCUT2D eigenvalue weighted by Gasteiger charge is -2.07. The van der Waals surface area contributed by atoms with E-state index in [1.165, 1.54) is 12.8 Å². The maximum Gasteiger partial charge on any atom is 0.159 e. The lowest BCUT2D eigenvalue weighted by molar-refractivity contribution is 0.0571. The summed E-state index contributed by atoms with van der Waals surface area (Å²) in [6.45, 7) is 1.72. The van der Waals surface area contributed by atoms with Crippen LogP contribution < -0.4 is 0 Å². The van der Waals surface area contributed by atoms with Crippen molar-refractivity contribution in [3.05, 3.63) is 11.6 Å². The van der Waals surface area contributed by atoms with Gasteiger partial charge in [0.15, 0.2) is 5.82 Å². The van der Waals surface area contributed by atoms with Gasteiger partial charge in [-0.25, -0.2) is 0 Å². The molecule has 1 aliphatic rings. The molecule has 0 aliphatic heterocycles. The van der Waals surface area contributed by atoms with Crippen LogP contribution in [-0.2, 0) is 21.4 Å². The Bertz CT molecular complexity index is 339. The molecule has 0 saturated heterocycles. The van der Waals surface area contributed by atoms with E-state index < -0.39 is 0 Å². The van der Waals surface area contributed by atoms with Gasteiger partial charge in [-0.3, -0.25) is 0 Å². The minimum Gasteiger partial charge on any atom is -0.382 e. The summed E-state index contributed by atoms with van der Waals surface area (Å²) in [6, 6.07) is 0.587. The summed E-state index contributed by atoms with van der Waals surface area (Å²) in [4.78, 5) is 0. The smallest absolute Gasteiger partial charge is 0.159 e. The van der Waals surface area contributed by atoms with Crippen LogP contribution in [0.1, 0.15) is 30.5 Å². The zero-order valence-electron chi connectivity index (χ0n) is 9.36. The summed E-state index contributed by atoms with van der Waals surface area (Å²) in [6.07, 6.45) is 2.45. The summed E-state index contributed by atoms with van der Waals surface area (Å²) < 4.78 is 12.6. The van der Waals surface area contributed by atoms with E-state index in [1.54, 1.807) is 7.11 Å². The van der Waals surface area contributed by atoms with Crippen molar-refractivity contribution in [1.29, 1.82) is 0 Å². The van der Waals surface area contributed by atoms with Crippen molar-refractivity contribution >= 4 is 15.9 Å². The molecule has 0 radical (unpaired) electrons. The number of ether oxygens (including phenoxy) is 2. The molecule has 1 saturated carbocycles. The third kappa shape index (κ3) is 2.81. The Morgan fingerprint density at radius 1 is 1.31 bits per heavy atom. The molecule has 1 aliphatic carbocycles. The molecule has 0 atom stereocenters. The number of rotatable bonds is 7. The van der Waals surface area contributed by atoms with Gasteiger partial charge in [-0.1, -0.05) is 15.9 Å². The number of alkyl halides is 1. The van der Waals surface area contributed by atoms with Crippen LogP contribution in [0.25, 0.3) is 0 Å². The molecule has 0 amide bonds. The van der Waals surface area contributed by atoms with E-state index in [1.807, 2.05) is 0 Å². The Balaban J connectivity index is 1.94. The molecule has 0 spiro atoms. The average Bonchev–Trinajstić information content (AvgIpc) is 3.06. The molecule has 6 heteroatoms. The van der Waals surface area contributed by atoms with E-state index >= 15 is 0 Å². The Kier molecular flexibility index (Phi) is 4.31. The highest BCUT2D eigenvalue weighted by atomic mass is 79.9. The first kappa shape index (κ1) is 12.0. The molecule has 0 N–H and O–H groups in total. The number of aromatic nitrogens is 3. The average molecular weight is 290 g/mol. The van der Waals surface area contributed by atoms with E-state index in [0.717, 1.165) is 17.0 Å².